The molecule has 9 heteroatoms. The highest BCUT2D eigenvalue weighted by molar-refractivity contribution is 6.02. The number of esters is 1. The van der Waals surface area contributed by atoms with Gasteiger partial charge < -0.3 is 15.2 Å². The Labute approximate surface area is 148 Å². The van der Waals surface area contributed by atoms with Gasteiger partial charge in [-0.15, -0.1) is 0 Å². The van der Waals surface area contributed by atoms with Crippen LogP contribution in [0.3, 0.4) is 0 Å². The van der Waals surface area contributed by atoms with Crippen molar-refractivity contribution in [3.8, 4) is 17.5 Å². The van der Waals surface area contributed by atoms with Gasteiger partial charge >= 0.3 is 5.97 Å². The molecule has 0 aliphatic carbocycles. The number of imidazole rings is 1. The van der Waals surface area contributed by atoms with E-state index < -0.39 is 5.97 Å². The lowest BCUT2D eigenvalue weighted by Gasteiger charge is -2.07. The molecule has 0 atom stereocenters. The van der Waals surface area contributed by atoms with Crippen molar-refractivity contribution in [2.45, 2.75) is 0 Å². The second kappa shape index (κ2) is 6.90. The summed E-state index contributed by atoms with van der Waals surface area (Å²) in [7, 11) is 2.76. The number of nitriles is 1. The maximum absolute atomic E-state index is 11.7. The molecule has 0 aliphatic heterocycles. The van der Waals surface area contributed by atoms with Gasteiger partial charge in [0.2, 0.25) is 0 Å². The molecule has 3 rings (SSSR count). The van der Waals surface area contributed by atoms with Crippen LogP contribution in [-0.4, -0.2) is 39.7 Å². The number of hydrogen-bond donors (Lipinski definition) is 1. The van der Waals surface area contributed by atoms with Gasteiger partial charge in [0.15, 0.2) is 11.2 Å². The maximum atomic E-state index is 11.7. The van der Waals surface area contributed by atoms with Crippen molar-refractivity contribution in [2.24, 2.45) is 5.73 Å². The topological polar surface area (TPSA) is 129 Å². The van der Waals surface area contributed by atoms with Crippen molar-refractivity contribution < 1.29 is 14.3 Å². The first-order valence-electron chi connectivity index (χ1n) is 7.41. The predicted octanol–water partition coefficient (Wildman–Crippen LogP) is 1.19. The average molecular weight is 350 g/mol. The minimum atomic E-state index is -0.841. The van der Waals surface area contributed by atoms with E-state index in [1.165, 1.54) is 13.4 Å². The number of aromatic nitrogens is 4. The van der Waals surface area contributed by atoms with Crippen LogP contribution >= 0.6 is 0 Å². The van der Waals surface area contributed by atoms with Crippen molar-refractivity contribution in [1.29, 1.82) is 5.26 Å². The summed E-state index contributed by atoms with van der Waals surface area (Å²) < 4.78 is 11.5. The summed E-state index contributed by atoms with van der Waals surface area (Å²) in [5, 5.41) is 9.19. The summed E-state index contributed by atoms with van der Waals surface area (Å²) in [5.74, 6) is -0.122. The fourth-order valence-electron chi connectivity index (χ4n) is 2.40. The van der Waals surface area contributed by atoms with E-state index in [0.717, 1.165) is 11.4 Å². The molecule has 2 heterocycles. The third kappa shape index (κ3) is 2.80. The number of carbonyl (C=O) groups is 1. The zero-order chi connectivity index (χ0) is 18.7. The number of nitrogens with two attached hydrogens (primary N) is 1. The first-order valence-corrected chi connectivity index (χ1v) is 7.41. The summed E-state index contributed by atoms with van der Waals surface area (Å²) in [6, 6.07) is 9.04. The molecule has 3 aromatic rings. The quantitative estimate of drug-likeness (QED) is 0.422. The van der Waals surface area contributed by atoms with Crippen LogP contribution in [0.15, 0.2) is 42.5 Å². The van der Waals surface area contributed by atoms with Crippen molar-refractivity contribution in [2.75, 3.05) is 14.2 Å². The average Bonchev–Trinajstić information content (AvgIpc) is 3.12. The zero-order valence-corrected chi connectivity index (χ0v) is 14.0. The summed E-state index contributed by atoms with van der Waals surface area (Å²) in [6.45, 7) is 0. The largest absolute Gasteiger partial charge is 0.497 e. The van der Waals surface area contributed by atoms with E-state index in [-0.39, 0.29) is 17.0 Å². The lowest BCUT2D eigenvalue weighted by Crippen LogP contribution is -2.12. The van der Waals surface area contributed by atoms with E-state index in [0.29, 0.717) is 11.2 Å². The Morgan fingerprint density at radius 2 is 1.92 bits per heavy atom. The normalized spacial score (nSPS) is 11.6. The van der Waals surface area contributed by atoms with Crippen LogP contribution in [0.4, 0.5) is 0 Å². The first kappa shape index (κ1) is 16.9. The number of nitrogens with zero attached hydrogens (tertiary/aromatic N) is 5. The minimum Gasteiger partial charge on any atom is -0.497 e. The Morgan fingerprint density at radius 1 is 1.19 bits per heavy atom. The van der Waals surface area contributed by atoms with E-state index in [9.17, 15) is 10.1 Å². The molecule has 0 saturated heterocycles. The Balaban J connectivity index is 2.16. The molecule has 0 radical (unpaired) electrons. The molecule has 1 aromatic carbocycles. The lowest BCUT2D eigenvalue weighted by atomic mass is 10.1. The van der Waals surface area contributed by atoms with Gasteiger partial charge in [-0.2, -0.15) is 5.26 Å². The fourth-order valence-corrected chi connectivity index (χ4v) is 2.40. The van der Waals surface area contributed by atoms with Crippen LogP contribution in [0.5, 0.6) is 5.75 Å². The van der Waals surface area contributed by atoms with Crippen LogP contribution in [0.25, 0.3) is 22.5 Å². The number of carbonyl (C=O) groups excluding carboxylic acids is 1. The highest BCUT2D eigenvalue weighted by Gasteiger charge is 2.20. The molecule has 2 aromatic heterocycles. The molecule has 2 N–H and O–H groups in total. The zero-order valence-electron chi connectivity index (χ0n) is 14.0. The summed E-state index contributed by atoms with van der Waals surface area (Å²) in [5.41, 5.74) is 7.34. The van der Waals surface area contributed by atoms with Gasteiger partial charge in [0.05, 0.1) is 19.9 Å². The number of rotatable bonds is 4. The highest BCUT2D eigenvalue weighted by atomic mass is 16.5. The summed E-state index contributed by atoms with van der Waals surface area (Å²) in [4.78, 5) is 24.3. The Kier molecular flexibility index (Phi) is 4.49. The maximum Gasteiger partial charge on any atom is 0.350 e. The molecule has 9 nitrogen and oxygen atoms in total. The van der Waals surface area contributed by atoms with Gasteiger partial charge in [-0.1, -0.05) is 0 Å². The number of methoxy groups -OCH3 is 2. The highest BCUT2D eigenvalue weighted by Crippen LogP contribution is 2.23. The molecule has 0 aliphatic rings. The van der Waals surface area contributed by atoms with E-state index >= 15 is 0 Å². The van der Waals surface area contributed by atoms with Gasteiger partial charge in [0.25, 0.3) is 0 Å². The molecule has 0 spiro atoms. The second-order valence-corrected chi connectivity index (χ2v) is 5.10. The fraction of sp³-hybridized carbons (Fsp3) is 0.118. The van der Waals surface area contributed by atoms with E-state index in [1.807, 2.05) is 24.3 Å². The van der Waals surface area contributed by atoms with Crippen molar-refractivity contribution in [3.05, 3.63) is 48.2 Å². The minimum absolute atomic E-state index is 0.119. The van der Waals surface area contributed by atoms with Crippen molar-refractivity contribution >= 4 is 22.8 Å². The van der Waals surface area contributed by atoms with Crippen LogP contribution in [0, 0.1) is 11.3 Å². The summed E-state index contributed by atoms with van der Waals surface area (Å²) in [6.07, 6.45) is 2.85. The Hall–Kier alpha value is -3.93. The van der Waals surface area contributed by atoms with Gasteiger partial charge in [-0.25, -0.2) is 19.7 Å². The second-order valence-electron chi connectivity index (χ2n) is 5.10. The number of fused-ring (bicyclic) bond motifs is 1. The van der Waals surface area contributed by atoms with Crippen LogP contribution in [-0.2, 0) is 9.53 Å². The third-order valence-electron chi connectivity index (χ3n) is 3.71. The van der Waals surface area contributed by atoms with Crippen LogP contribution < -0.4 is 10.5 Å². The summed E-state index contributed by atoms with van der Waals surface area (Å²) >= 11 is 0. The molecule has 0 fully saturated rings. The lowest BCUT2D eigenvalue weighted by molar-refractivity contribution is -0.135. The van der Waals surface area contributed by atoms with Crippen LogP contribution in [0.2, 0.25) is 0 Å². The van der Waals surface area contributed by atoms with Gasteiger partial charge in [0.1, 0.15) is 35.7 Å². The van der Waals surface area contributed by atoms with Gasteiger partial charge in [-0.3, -0.25) is 4.57 Å². The molecule has 0 unspecified atom stereocenters. The number of ether oxygens (including phenoxy) is 2. The third-order valence-corrected chi connectivity index (χ3v) is 3.71. The molecular weight excluding hydrogens is 336 g/mol. The van der Waals surface area contributed by atoms with Crippen LogP contribution in [0.1, 0.15) is 5.69 Å². The number of hydrogen-bond acceptors (Lipinski definition) is 8. The van der Waals surface area contributed by atoms with Crippen molar-refractivity contribution in [1.82, 2.24) is 19.5 Å². The monoisotopic (exact) mass is 350 g/mol. The molecular formula is C17H14N6O3. The molecule has 0 bridgehead atoms. The molecule has 0 amide bonds. The standard InChI is InChI=1S/C17H14N6O3/c1-25-11-5-3-10(4-6-11)23-9-22-15-14(20-8-21-16(15)23)13(19)12(7-18)17(24)26-2/h3-6,8-9H,19H2,1-2H3/b13-12+. The van der Waals surface area contributed by atoms with Crippen molar-refractivity contribution in [3.63, 3.8) is 0 Å². The predicted molar refractivity (Wildman–Crippen MR) is 91.9 cm³/mol. The molecule has 26 heavy (non-hydrogen) atoms. The van der Waals surface area contributed by atoms with Gasteiger partial charge in [-0.05, 0) is 24.3 Å². The SMILES string of the molecule is COC(=O)/C(C#N)=C(/N)c1ncnc2c1ncn2-c1ccc(OC)cc1. The number of benzene rings is 1. The molecule has 130 valence electrons. The van der Waals surface area contributed by atoms with E-state index in [1.54, 1.807) is 24.1 Å². The Bertz CT molecular complexity index is 1050. The molecule has 0 saturated carbocycles. The van der Waals surface area contributed by atoms with E-state index in [2.05, 4.69) is 19.7 Å². The Morgan fingerprint density at radius 3 is 2.54 bits per heavy atom. The van der Waals surface area contributed by atoms with E-state index in [4.69, 9.17) is 10.5 Å². The smallest absolute Gasteiger partial charge is 0.350 e. The van der Waals surface area contributed by atoms with Gasteiger partial charge in [0, 0.05) is 5.69 Å². The first-order chi connectivity index (χ1) is 12.6.